The van der Waals surface area contributed by atoms with Crippen LogP contribution in [0.2, 0.25) is 0 Å². The second kappa shape index (κ2) is 9.63. The molecule has 0 aromatic heterocycles. The second-order valence-corrected chi connectivity index (χ2v) is 8.83. The van der Waals surface area contributed by atoms with Crippen LogP contribution in [0.3, 0.4) is 0 Å². The van der Waals surface area contributed by atoms with Crippen molar-refractivity contribution in [3.05, 3.63) is 89.0 Å². The summed E-state index contributed by atoms with van der Waals surface area (Å²) in [6.07, 6.45) is 0. The summed E-state index contributed by atoms with van der Waals surface area (Å²) >= 11 is 1.48. The summed E-state index contributed by atoms with van der Waals surface area (Å²) in [7, 11) is 0. The standard InChI is InChI=1S/C25H26N2O2S/c1-16-5-8-20(9-6-16)25(29)26-21-10-12-22(13-11-21)30-19(4)24(28)27-23-14-7-17(2)15-18(23)3/h5-15,19H,1-4H3,(H,26,29)(H,27,28). The molecule has 4 nitrogen and oxygen atoms in total. The van der Waals surface area contributed by atoms with Crippen LogP contribution in [-0.2, 0) is 4.79 Å². The quantitative estimate of drug-likeness (QED) is 0.484. The average molecular weight is 419 g/mol. The minimum absolute atomic E-state index is 0.0382. The number of anilines is 2. The lowest BCUT2D eigenvalue weighted by Gasteiger charge is -2.14. The molecule has 30 heavy (non-hydrogen) atoms. The van der Waals surface area contributed by atoms with Crippen molar-refractivity contribution >= 4 is 35.0 Å². The van der Waals surface area contributed by atoms with Gasteiger partial charge in [0, 0.05) is 21.8 Å². The molecule has 0 aliphatic rings. The highest BCUT2D eigenvalue weighted by Gasteiger charge is 2.15. The maximum absolute atomic E-state index is 12.6. The molecule has 0 bridgehead atoms. The van der Waals surface area contributed by atoms with Gasteiger partial charge in [-0.3, -0.25) is 9.59 Å². The fourth-order valence-electron chi connectivity index (χ4n) is 2.97. The van der Waals surface area contributed by atoms with Crippen LogP contribution in [0.25, 0.3) is 0 Å². The van der Waals surface area contributed by atoms with E-state index in [0.717, 1.165) is 27.4 Å². The zero-order valence-corrected chi connectivity index (χ0v) is 18.5. The van der Waals surface area contributed by atoms with Gasteiger partial charge >= 0.3 is 0 Å². The minimum Gasteiger partial charge on any atom is -0.325 e. The van der Waals surface area contributed by atoms with E-state index in [9.17, 15) is 9.59 Å². The summed E-state index contributed by atoms with van der Waals surface area (Å²) in [6, 6.07) is 21.0. The number of hydrogen-bond donors (Lipinski definition) is 2. The number of benzene rings is 3. The fourth-order valence-corrected chi connectivity index (χ4v) is 3.84. The van der Waals surface area contributed by atoms with Crippen molar-refractivity contribution in [3.63, 3.8) is 0 Å². The molecule has 3 aromatic rings. The molecular weight excluding hydrogens is 392 g/mol. The van der Waals surface area contributed by atoms with Gasteiger partial charge in [0.1, 0.15) is 0 Å². The van der Waals surface area contributed by atoms with Gasteiger partial charge in [-0.1, -0.05) is 35.4 Å². The highest BCUT2D eigenvalue weighted by Crippen LogP contribution is 2.26. The van der Waals surface area contributed by atoms with E-state index >= 15 is 0 Å². The van der Waals surface area contributed by atoms with Crippen LogP contribution in [0, 0.1) is 20.8 Å². The number of hydrogen-bond acceptors (Lipinski definition) is 3. The Hall–Kier alpha value is -3.05. The molecule has 0 saturated carbocycles. The molecule has 0 radical (unpaired) electrons. The van der Waals surface area contributed by atoms with E-state index in [2.05, 4.69) is 16.7 Å². The first kappa shape index (κ1) is 21.7. The Morgan fingerprint density at radius 3 is 2.07 bits per heavy atom. The first-order valence-electron chi connectivity index (χ1n) is 9.84. The van der Waals surface area contributed by atoms with Crippen LogP contribution < -0.4 is 10.6 Å². The summed E-state index contributed by atoms with van der Waals surface area (Å²) in [6.45, 7) is 7.89. The van der Waals surface area contributed by atoms with Gasteiger partial charge in [0.2, 0.25) is 5.91 Å². The van der Waals surface area contributed by atoms with E-state index in [1.807, 2.05) is 88.4 Å². The zero-order chi connectivity index (χ0) is 21.7. The third-order valence-corrected chi connectivity index (χ3v) is 5.86. The van der Waals surface area contributed by atoms with Crippen LogP contribution in [-0.4, -0.2) is 17.1 Å². The molecule has 5 heteroatoms. The van der Waals surface area contributed by atoms with Gasteiger partial charge in [0.15, 0.2) is 0 Å². The maximum atomic E-state index is 12.6. The molecule has 2 N–H and O–H groups in total. The number of aryl methyl sites for hydroxylation is 3. The molecule has 0 spiro atoms. The van der Waals surface area contributed by atoms with Gasteiger partial charge in [-0.25, -0.2) is 0 Å². The molecule has 1 unspecified atom stereocenters. The van der Waals surface area contributed by atoms with Gasteiger partial charge in [-0.2, -0.15) is 0 Å². The number of carbonyl (C=O) groups is 2. The molecule has 3 rings (SSSR count). The summed E-state index contributed by atoms with van der Waals surface area (Å²) < 4.78 is 0. The van der Waals surface area contributed by atoms with E-state index in [1.165, 1.54) is 17.3 Å². The van der Waals surface area contributed by atoms with Crippen molar-refractivity contribution in [2.24, 2.45) is 0 Å². The van der Waals surface area contributed by atoms with Crippen molar-refractivity contribution in [3.8, 4) is 0 Å². The van der Waals surface area contributed by atoms with Crippen molar-refractivity contribution in [1.82, 2.24) is 0 Å². The summed E-state index contributed by atoms with van der Waals surface area (Å²) in [5.74, 6) is -0.180. The maximum Gasteiger partial charge on any atom is 0.255 e. The molecule has 0 aliphatic carbocycles. The fraction of sp³-hybridized carbons (Fsp3) is 0.200. The molecule has 1 atom stereocenters. The molecule has 0 aliphatic heterocycles. The molecule has 3 aromatic carbocycles. The number of amides is 2. The minimum atomic E-state index is -0.251. The van der Waals surface area contributed by atoms with Crippen molar-refractivity contribution in [2.75, 3.05) is 10.6 Å². The lowest BCUT2D eigenvalue weighted by atomic mass is 10.1. The Balaban J connectivity index is 1.57. The van der Waals surface area contributed by atoms with Crippen molar-refractivity contribution in [1.29, 1.82) is 0 Å². The topological polar surface area (TPSA) is 58.2 Å². The van der Waals surface area contributed by atoms with Gasteiger partial charge in [0.25, 0.3) is 5.91 Å². The highest BCUT2D eigenvalue weighted by atomic mass is 32.2. The lowest BCUT2D eigenvalue weighted by Crippen LogP contribution is -2.22. The number of carbonyl (C=O) groups excluding carboxylic acids is 2. The Labute approximate surface area is 182 Å². The number of rotatable bonds is 6. The molecule has 154 valence electrons. The second-order valence-electron chi connectivity index (χ2n) is 7.41. The largest absolute Gasteiger partial charge is 0.325 e. The third kappa shape index (κ3) is 5.74. The first-order chi connectivity index (χ1) is 14.3. The van der Waals surface area contributed by atoms with E-state index < -0.39 is 0 Å². The van der Waals surface area contributed by atoms with E-state index in [4.69, 9.17) is 0 Å². The van der Waals surface area contributed by atoms with Gasteiger partial charge < -0.3 is 10.6 Å². The van der Waals surface area contributed by atoms with Crippen LogP contribution in [0.5, 0.6) is 0 Å². The predicted octanol–water partition coefficient (Wildman–Crippen LogP) is 5.98. The van der Waals surface area contributed by atoms with E-state index in [-0.39, 0.29) is 17.1 Å². The van der Waals surface area contributed by atoms with Gasteiger partial charge in [0.05, 0.1) is 5.25 Å². The Morgan fingerprint density at radius 1 is 0.800 bits per heavy atom. The van der Waals surface area contributed by atoms with E-state index in [0.29, 0.717) is 5.56 Å². The third-order valence-electron chi connectivity index (χ3n) is 4.75. The van der Waals surface area contributed by atoms with Gasteiger partial charge in [-0.15, -0.1) is 11.8 Å². The molecule has 0 fully saturated rings. The van der Waals surface area contributed by atoms with E-state index in [1.54, 1.807) is 0 Å². The SMILES string of the molecule is Cc1ccc(C(=O)Nc2ccc(SC(C)C(=O)Nc3ccc(C)cc3C)cc2)cc1. The molecular formula is C25H26N2O2S. The summed E-state index contributed by atoms with van der Waals surface area (Å²) in [5, 5.41) is 5.65. The monoisotopic (exact) mass is 418 g/mol. The molecule has 0 saturated heterocycles. The molecule has 2 amide bonds. The smallest absolute Gasteiger partial charge is 0.255 e. The normalized spacial score (nSPS) is 11.6. The lowest BCUT2D eigenvalue weighted by molar-refractivity contribution is -0.115. The summed E-state index contributed by atoms with van der Waals surface area (Å²) in [5.41, 5.74) is 5.51. The predicted molar refractivity (Wildman–Crippen MR) is 125 cm³/mol. The Bertz CT molecular complexity index is 1040. The Kier molecular flexibility index (Phi) is 6.95. The van der Waals surface area contributed by atoms with Crippen LogP contribution in [0.4, 0.5) is 11.4 Å². The summed E-state index contributed by atoms with van der Waals surface area (Å²) in [4.78, 5) is 25.9. The zero-order valence-electron chi connectivity index (χ0n) is 17.7. The number of thioether (sulfide) groups is 1. The average Bonchev–Trinajstić information content (AvgIpc) is 2.72. The van der Waals surface area contributed by atoms with Crippen molar-refractivity contribution in [2.45, 2.75) is 37.8 Å². The van der Waals surface area contributed by atoms with Gasteiger partial charge in [-0.05, 0) is 75.7 Å². The highest BCUT2D eigenvalue weighted by molar-refractivity contribution is 8.00. The first-order valence-corrected chi connectivity index (χ1v) is 10.7. The van der Waals surface area contributed by atoms with Crippen LogP contribution in [0.15, 0.2) is 71.6 Å². The van der Waals surface area contributed by atoms with Crippen LogP contribution in [0.1, 0.15) is 34.0 Å². The molecule has 0 heterocycles. The van der Waals surface area contributed by atoms with Crippen LogP contribution >= 0.6 is 11.8 Å². The Morgan fingerprint density at radius 2 is 1.43 bits per heavy atom. The number of nitrogens with one attached hydrogen (secondary N) is 2. The van der Waals surface area contributed by atoms with Crippen molar-refractivity contribution < 1.29 is 9.59 Å².